The zero-order valence-electron chi connectivity index (χ0n) is 80.0. The molecule has 9 aliphatic rings. The maximum atomic E-state index is 14.9. The van der Waals surface area contributed by atoms with Crippen molar-refractivity contribution in [3.05, 3.63) is 431 Å². The average Bonchev–Trinajstić information content (AvgIpc) is 1.11. The Morgan fingerprint density at radius 2 is 0.304 bits per heavy atom. The van der Waals surface area contributed by atoms with Gasteiger partial charge in [-0.05, 0) is 46.5 Å². The summed E-state index contributed by atoms with van der Waals surface area (Å²) in [6.45, 7) is -5.92. The van der Waals surface area contributed by atoms with Gasteiger partial charge >= 0.3 is 0 Å². The first-order valence-electron chi connectivity index (χ1n) is 48.0. The average molecular weight is 1980 g/mol. The van der Waals surface area contributed by atoms with Crippen molar-refractivity contribution in [3.63, 3.8) is 0 Å². The molecule has 0 aromatic heterocycles. The van der Waals surface area contributed by atoms with E-state index in [1.54, 1.807) is 98.2 Å². The summed E-state index contributed by atoms with van der Waals surface area (Å²) in [5.74, 6) is -13.4. The van der Waals surface area contributed by atoms with E-state index in [1.807, 2.05) is 316 Å². The Morgan fingerprint density at radius 3 is 0.426 bits per heavy atom. The van der Waals surface area contributed by atoms with Gasteiger partial charge in [0.25, 0.3) is 47.3 Å². The molecule has 0 saturated carbocycles. The van der Waals surface area contributed by atoms with Crippen LogP contribution in [0.4, 0.5) is 0 Å². The maximum absolute atomic E-state index is 14.9. The quantitative estimate of drug-likeness (QED) is 0.0130. The van der Waals surface area contributed by atoms with Crippen molar-refractivity contribution in [1.82, 2.24) is 43.4 Å². The predicted molar refractivity (Wildman–Crippen MR) is 567 cm³/mol. The molecule has 0 unspecified atom stereocenters. The Bertz CT molecular complexity index is 5780. The Labute approximate surface area is 853 Å². The molecule has 0 fully saturated rings. The van der Waals surface area contributed by atoms with E-state index in [9.17, 15) is 38.4 Å². The molecule has 0 atom stereocenters. The summed E-state index contributed by atoms with van der Waals surface area (Å²) < 4.78 is 56.8. The van der Waals surface area contributed by atoms with Crippen LogP contribution in [0, 0.1) is 47.3 Å². The first-order valence-corrected chi connectivity index (χ1v) is 48.0. The van der Waals surface area contributed by atoms with Gasteiger partial charge in [-0.3, -0.25) is 38.4 Å². The van der Waals surface area contributed by atoms with E-state index >= 15 is 0 Å². The van der Waals surface area contributed by atoms with Crippen LogP contribution in [0.1, 0.15) is 90.4 Å². The van der Waals surface area contributed by atoms with Gasteiger partial charge in [0.1, 0.15) is 46.0 Å². The first kappa shape index (κ1) is 101. The summed E-state index contributed by atoms with van der Waals surface area (Å²) in [4.78, 5) is 119. The third-order valence-corrected chi connectivity index (χ3v) is 24.2. The molecule has 0 heterocycles. The van der Waals surface area contributed by atoms with E-state index in [2.05, 4.69) is 84.2 Å². The number of carbonyl (C=O) groups is 8. The molecule has 8 N–H and O–H groups in total. The number of hydrazone groups is 8. The third kappa shape index (κ3) is 27.9. The van der Waals surface area contributed by atoms with Crippen molar-refractivity contribution in [1.29, 1.82) is 0 Å². The lowest BCUT2D eigenvalue weighted by Gasteiger charge is -2.32. The van der Waals surface area contributed by atoms with Gasteiger partial charge in [0, 0.05) is 190 Å². The Hall–Kier alpha value is -18.9. The summed E-state index contributed by atoms with van der Waals surface area (Å²) in [5, 5.41) is 34.8. The number of rotatable bonds is 44. The van der Waals surface area contributed by atoms with Crippen molar-refractivity contribution >= 4 is 97.0 Å². The van der Waals surface area contributed by atoms with Crippen LogP contribution in [0.3, 0.4) is 0 Å². The summed E-state index contributed by atoms with van der Waals surface area (Å²) in [6, 6.07) is 50.1. The van der Waals surface area contributed by atoms with Crippen molar-refractivity contribution in [3.8, 4) is 46.0 Å². The number of nitrogens with one attached hydrogen (secondary N) is 8. The van der Waals surface area contributed by atoms with E-state index in [-0.39, 0.29) is 138 Å². The number of amides is 8. The second kappa shape index (κ2) is 51.2. The zero-order chi connectivity index (χ0) is 102. The Balaban J connectivity index is 0.989. The normalized spacial score (nSPS) is 17.6. The fraction of sp³-hybridized carbons (Fsp3) is 0.172. The highest BCUT2D eigenvalue weighted by molar-refractivity contribution is 5.86. The highest BCUT2D eigenvalue weighted by Crippen LogP contribution is 2.55. The number of allylic oxidation sites excluding steroid dienone is 32. The number of ether oxygens (including phenoxy) is 8. The van der Waals surface area contributed by atoms with Crippen LogP contribution >= 0.6 is 0 Å². The number of nitrogens with zero attached hydrogens (tertiary/aromatic N) is 8. The van der Waals surface area contributed by atoms with Crippen LogP contribution in [0.15, 0.2) is 405 Å². The largest absolute Gasteiger partial charge is 0.483 e. The number of hydrogen-bond acceptors (Lipinski definition) is 24. The summed E-state index contributed by atoms with van der Waals surface area (Å²) in [5.41, 5.74) is 24.9. The maximum Gasteiger partial charge on any atom is 0.277 e. The van der Waals surface area contributed by atoms with Gasteiger partial charge in [0.15, 0.2) is 52.9 Å². The van der Waals surface area contributed by atoms with Gasteiger partial charge in [-0.2, -0.15) is 40.8 Å². The molecule has 8 bridgehead atoms. The third-order valence-electron chi connectivity index (χ3n) is 24.2. The molecule has 0 aliphatic heterocycles. The van der Waals surface area contributed by atoms with Crippen molar-refractivity contribution in [2.75, 3.05) is 52.9 Å². The molecular weight excluding hydrogens is 1870 g/mol. The van der Waals surface area contributed by atoms with Crippen LogP contribution in [0.2, 0.25) is 0 Å². The van der Waals surface area contributed by atoms with Crippen molar-refractivity contribution in [2.24, 2.45) is 88.2 Å². The van der Waals surface area contributed by atoms with E-state index < -0.39 is 124 Å². The second-order valence-corrected chi connectivity index (χ2v) is 34.7. The molecule has 0 spiro atoms. The lowest BCUT2D eigenvalue weighted by Crippen LogP contribution is -2.27. The lowest BCUT2D eigenvalue weighted by atomic mass is 9.75. The zero-order valence-corrected chi connectivity index (χ0v) is 80.0. The monoisotopic (exact) mass is 1980 g/mol. The fourth-order valence-electron chi connectivity index (χ4n) is 17.2. The van der Waals surface area contributed by atoms with Gasteiger partial charge < -0.3 is 37.9 Å². The molecule has 744 valence electrons. The molecular formula is C116H104N16O16. The molecule has 0 saturated heterocycles. The minimum atomic E-state index is -1.29. The predicted octanol–water partition coefficient (Wildman–Crippen LogP) is 14.5. The Kier molecular flexibility index (Phi) is 34.8. The van der Waals surface area contributed by atoms with Crippen molar-refractivity contribution in [2.45, 2.75) is 23.7 Å². The molecule has 8 aromatic rings. The molecule has 8 amide bonds. The van der Waals surface area contributed by atoms with E-state index in [0.29, 0.717) is 22.3 Å². The lowest BCUT2D eigenvalue weighted by molar-refractivity contribution is -0.123. The summed E-state index contributed by atoms with van der Waals surface area (Å²) >= 11 is 0. The molecule has 0 radical (unpaired) electrons. The van der Waals surface area contributed by atoms with Gasteiger partial charge in [-0.15, -0.1) is 0 Å². The molecule has 148 heavy (non-hydrogen) atoms. The topological polar surface area (TPSA) is 406 Å². The van der Waals surface area contributed by atoms with Crippen LogP contribution in [0.25, 0.3) is 0 Å². The molecule has 32 nitrogen and oxygen atoms in total. The first-order chi connectivity index (χ1) is 72.7. The minimum Gasteiger partial charge on any atom is -0.483 e. The molecule has 17 rings (SSSR count). The van der Waals surface area contributed by atoms with Crippen LogP contribution < -0.4 is 81.3 Å². The fourth-order valence-corrected chi connectivity index (χ4v) is 17.2. The van der Waals surface area contributed by atoms with Gasteiger partial charge in [0.05, 0.1) is 0 Å². The van der Waals surface area contributed by atoms with Gasteiger partial charge in [0.2, 0.25) is 0 Å². The molecule has 9 aliphatic carbocycles. The molecule has 8 aromatic carbocycles. The van der Waals surface area contributed by atoms with Gasteiger partial charge in [-0.25, -0.2) is 43.4 Å². The van der Waals surface area contributed by atoms with E-state index in [4.69, 9.17) is 37.9 Å². The number of hydrogen-bond donors (Lipinski definition) is 8. The number of fused-ring (bicyclic) bond motifs is 8. The van der Waals surface area contributed by atoms with Crippen LogP contribution in [-0.2, 0) is 38.4 Å². The van der Waals surface area contributed by atoms with E-state index in [0.717, 1.165) is 0 Å². The number of carbonyl (C=O) groups excluding carboxylic acids is 8. The SMILES string of the molecule is O=C(COc1cc(OCC(=O)N/N=C/C2C=CC=C2)c2cc1C(c1ccccc1)c1cc(c(OCC(=O)N/N=C/C3C=CC=C3)cc1OCC(=O)N/N=C/C1C=CC=C1)C(c1ccccc1)c1cc(c(OCC(=O)N/N=C/C3C=CC=C3)cc1OCC(=O)N/N=C/C1C=CC=C1)C(c1ccccc1)c1cc(c(OCC(=O)N/N=C/C3C=CC=C3)cc1OCC(=O)N/N=C/C1C=CC=C1)C2c1ccccc1)N/N=C/C1C=CC=C1. The van der Waals surface area contributed by atoms with Crippen LogP contribution in [0.5, 0.6) is 46.0 Å². The smallest absolute Gasteiger partial charge is 0.277 e. The number of benzene rings is 8. The van der Waals surface area contributed by atoms with Crippen LogP contribution in [-0.4, -0.2) is 150 Å². The second-order valence-electron chi connectivity index (χ2n) is 34.7. The van der Waals surface area contributed by atoms with E-state index in [1.165, 1.54) is 0 Å². The summed E-state index contributed by atoms with van der Waals surface area (Å²) in [7, 11) is 0. The van der Waals surface area contributed by atoms with Gasteiger partial charge in [-0.1, -0.05) is 316 Å². The molecule has 32 heteroatoms. The summed E-state index contributed by atoms with van der Waals surface area (Å²) in [6.07, 6.45) is 72.4. The minimum absolute atomic E-state index is 0.0575. The highest BCUT2D eigenvalue weighted by Gasteiger charge is 2.39. The van der Waals surface area contributed by atoms with Crippen molar-refractivity contribution < 1.29 is 76.3 Å². The standard InChI is InChI=1S/C116H104N16O16/c133-105(125-117-61-77-29-13-14-30-77)69-141-97-57-99(143-71-107(135)127-119-63-79-33-17-18-34-79)91-53-89(97)113(85-45-5-1-6-46-85)90-54-92(100(144-72-108(136)128-120-64-80-35-19-20-36-80)58-98(90)142-70-106(134)126-118-62-78-31-15-16-32-78)115(87-49-9-3-10-50-87)94-56-96(104(148-76-112(140)132-124-68-84-43-27-28-44-84)60-102(94)146-74-110(138)130-122-66-82-39-23-24-40-82)116(88-51-11-4-12-52-88)95-55-93(114(91)86-47-7-2-8-48-86)101(145-73-109(137)129-121-65-81-37-21-22-38-81)59-103(95)147-75-111(139)131-123-67-83-41-25-26-42-83/h1-68,77-84,113-116H,69-76H2,(H,125,133)(H,126,134)(H,127,135)(H,128,136)(H,129,137)(H,130,138)(H,131,139)(H,132,140)/b117-61+,118-62+,119-63+,120-64+,121-65+,122-66+,123-67+,124-68+. The Morgan fingerprint density at radius 1 is 0.182 bits per heavy atom. The highest BCUT2D eigenvalue weighted by atomic mass is 16.5.